The molecule has 1 aliphatic rings. The number of carbonyl (C=O) groups is 1. The molecule has 0 bridgehead atoms. The van der Waals surface area contributed by atoms with E-state index in [9.17, 15) is 13.6 Å². The fourth-order valence-electron chi connectivity index (χ4n) is 3.22. The SMILES string of the molecule is CCNC(=O)[C@@H]1C[C@@H](NCc2cc(F)ccc2F)CN1CC(C)C. The van der Waals surface area contributed by atoms with Crippen LogP contribution in [0.25, 0.3) is 0 Å². The number of hydrogen-bond donors (Lipinski definition) is 2. The summed E-state index contributed by atoms with van der Waals surface area (Å²) in [6, 6.07) is 3.39. The van der Waals surface area contributed by atoms with Crippen molar-refractivity contribution in [3.05, 3.63) is 35.4 Å². The molecule has 134 valence electrons. The first-order valence-corrected chi connectivity index (χ1v) is 8.59. The third-order valence-electron chi connectivity index (χ3n) is 4.25. The molecule has 4 nitrogen and oxygen atoms in total. The fraction of sp³-hybridized carbons (Fsp3) is 0.611. The van der Waals surface area contributed by atoms with E-state index in [2.05, 4.69) is 29.4 Å². The average Bonchev–Trinajstić information content (AvgIpc) is 2.90. The quantitative estimate of drug-likeness (QED) is 0.801. The molecule has 24 heavy (non-hydrogen) atoms. The Morgan fingerprint density at radius 3 is 2.79 bits per heavy atom. The van der Waals surface area contributed by atoms with Crippen LogP contribution in [0.3, 0.4) is 0 Å². The van der Waals surface area contributed by atoms with Crippen LogP contribution in [0.5, 0.6) is 0 Å². The highest BCUT2D eigenvalue weighted by Crippen LogP contribution is 2.20. The molecule has 0 saturated carbocycles. The minimum absolute atomic E-state index is 0.0411. The lowest BCUT2D eigenvalue weighted by Crippen LogP contribution is -2.44. The van der Waals surface area contributed by atoms with Gasteiger partial charge in [-0.25, -0.2) is 8.78 Å². The Morgan fingerprint density at radius 2 is 2.12 bits per heavy atom. The van der Waals surface area contributed by atoms with E-state index in [1.165, 1.54) is 6.07 Å². The van der Waals surface area contributed by atoms with E-state index in [1.807, 2.05) is 6.92 Å². The number of amides is 1. The van der Waals surface area contributed by atoms with Crippen molar-refractivity contribution in [3.63, 3.8) is 0 Å². The molecule has 2 atom stereocenters. The van der Waals surface area contributed by atoms with Gasteiger partial charge in [-0.3, -0.25) is 9.69 Å². The van der Waals surface area contributed by atoms with Gasteiger partial charge in [-0.05, 0) is 37.5 Å². The Bertz CT molecular complexity index is 565. The largest absolute Gasteiger partial charge is 0.355 e. The molecule has 1 saturated heterocycles. The van der Waals surface area contributed by atoms with Crippen LogP contribution in [0.4, 0.5) is 8.78 Å². The molecule has 1 heterocycles. The summed E-state index contributed by atoms with van der Waals surface area (Å²) in [6.07, 6.45) is 0.676. The lowest BCUT2D eigenvalue weighted by molar-refractivity contribution is -0.125. The zero-order valence-electron chi connectivity index (χ0n) is 14.6. The Labute approximate surface area is 142 Å². The fourth-order valence-corrected chi connectivity index (χ4v) is 3.22. The van der Waals surface area contributed by atoms with Crippen LogP contribution < -0.4 is 10.6 Å². The van der Waals surface area contributed by atoms with Gasteiger partial charge >= 0.3 is 0 Å². The van der Waals surface area contributed by atoms with E-state index in [4.69, 9.17) is 0 Å². The van der Waals surface area contributed by atoms with Crippen molar-refractivity contribution in [3.8, 4) is 0 Å². The van der Waals surface area contributed by atoms with Crippen molar-refractivity contribution >= 4 is 5.91 Å². The third kappa shape index (κ3) is 4.98. The topological polar surface area (TPSA) is 44.4 Å². The minimum atomic E-state index is -0.443. The standard InChI is InChI=1S/C18H27F2N3O/c1-4-21-18(24)17-8-15(11-23(17)10-12(2)3)22-9-13-7-14(19)5-6-16(13)20/h5-7,12,15,17,22H,4,8-11H2,1-3H3,(H,21,24)/t15-,17+/m1/s1. The number of benzene rings is 1. The average molecular weight is 339 g/mol. The van der Waals surface area contributed by atoms with Crippen LogP contribution in [-0.4, -0.2) is 42.5 Å². The molecule has 1 aromatic rings. The molecular weight excluding hydrogens is 312 g/mol. The molecule has 0 unspecified atom stereocenters. The number of halogens is 2. The summed E-state index contributed by atoms with van der Waals surface area (Å²) in [7, 11) is 0. The summed E-state index contributed by atoms with van der Waals surface area (Å²) in [5, 5.41) is 6.15. The number of carbonyl (C=O) groups excluding carboxylic acids is 1. The molecule has 2 N–H and O–H groups in total. The zero-order valence-corrected chi connectivity index (χ0v) is 14.6. The predicted octanol–water partition coefficient (Wildman–Crippen LogP) is 2.29. The van der Waals surface area contributed by atoms with Crippen molar-refractivity contribution in [2.24, 2.45) is 5.92 Å². The first-order valence-electron chi connectivity index (χ1n) is 8.59. The van der Waals surface area contributed by atoms with Crippen molar-refractivity contribution in [2.45, 2.75) is 45.8 Å². The van der Waals surface area contributed by atoms with E-state index in [-0.39, 0.29) is 24.5 Å². The molecule has 0 spiro atoms. The first-order chi connectivity index (χ1) is 11.4. The van der Waals surface area contributed by atoms with E-state index in [0.29, 0.717) is 24.4 Å². The highest BCUT2D eigenvalue weighted by molar-refractivity contribution is 5.82. The normalized spacial score (nSPS) is 21.4. The lowest BCUT2D eigenvalue weighted by Gasteiger charge is -2.24. The van der Waals surface area contributed by atoms with Gasteiger partial charge in [0.05, 0.1) is 6.04 Å². The molecule has 1 fully saturated rings. The number of likely N-dealkylation sites (tertiary alicyclic amines) is 1. The van der Waals surface area contributed by atoms with Gasteiger partial charge in [0, 0.05) is 37.8 Å². The van der Waals surface area contributed by atoms with E-state index in [0.717, 1.165) is 25.2 Å². The lowest BCUT2D eigenvalue weighted by atomic mass is 10.1. The molecular formula is C18H27F2N3O. The second kappa shape index (κ2) is 8.53. The van der Waals surface area contributed by atoms with Crippen molar-refractivity contribution in [1.82, 2.24) is 15.5 Å². The molecule has 2 rings (SSSR count). The van der Waals surface area contributed by atoms with Gasteiger partial charge in [0.15, 0.2) is 0 Å². The second-order valence-electron chi connectivity index (χ2n) is 6.81. The monoisotopic (exact) mass is 339 g/mol. The second-order valence-corrected chi connectivity index (χ2v) is 6.81. The van der Waals surface area contributed by atoms with Crippen molar-refractivity contribution in [1.29, 1.82) is 0 Å². The predicted molar refractivity (Wildman–Crippen MR) is 90.5 cm³/mol. The summed E-state index contributed by atoms with van der Waals surface area (Å²) in [4.78, 5) is 14.4. The summed E-state index contributed by atoms with van der Waals surface area (Å²) in [5.74, 6) is -0.358. The third-order valence-corrected chi connectivity index (χ3v) is 4.25. The van der Waals surface area contributed by atoms with Gasteiger partial charge in [-0.15, -0.1) is 0 Å². The summed E-state index contributed by atoms with van der Waals surface area (Å²) < 4.78 is 27.0. The molecule has 0 aliphatic carbocycles. The number of hydrogen-bond acceptors (Lipinski definition) is 3. The van der Waals surface area contributed by atoms with E-state index >= 15 is 0 Å². The molecule has 1 amide bonds. The number of likely N-dealkylation sites (N-methyl/N-ethyl adjacent to an activating group) is 1. The number of nitrogens with one attached hydrogen (secondary N) is 2. The summed E-state index contributed by atoms with van der Waals surface area (Å²) in [6.45, 7) is 8.59. The molecule has 1 aromatic carbocycles. The molecule has 1 aliphatic heterocycles. The Balaban J connectivity index is 1.98. The van der Waals surface area contributed by atoms with Gasteiger partial charge in [-0.2, -0.15) is 0 Å². The van der Waals surface area contributed by atoms with Crippen LogP contribution >= 0.6 is 0 Å². The summed E-state index contributed by atoms with van der Waals surface area (Å²) in [5.41, 5.74) is 0.312. The summed E-state index contributed by atoms with van der Waals surface area (Å²) >= 11 is 0. The molecule has 6 heteroatoms. The minimum Gasteiger partial charge on any atom is -0.355 e. The maximum Gasteiger partial charge on any atom is 0.237 e. The zero-order chi connectivity index (χ0) is 17.7. The van der Waals surface area contributed by atoms with Gasteiger partial charge in [0.25, 0.3) is 0 Å². The van der Waals surface area contributed by atoms with E-state index < -0.39 is 11.6 Å². The Kier molecular flexibility index (Phi) is 6.69. The Morgan fingerprint density at radius 1 is 1.38 bits per heavy atom. The van der Waals surface area contributed by atoms with Gasteiger partial charge in [0.2, 0.25) is 5.91 Å². The maximum absolute atomic E-state index is 13.7. The van der Waals surface area contributed by atoms with Crippen LogP contribution in [0.2, 0.25) is 0 Å². The van der Waals surface area contributed by atoms with E-state index in [1.54, 1.807) is 0 Å². The maximum atomic E-state index is 13.7. The molecule has 0 radical (unpaired) electrons. The Hall–Kier alpha value is -1.53. The first kappa shape index (κ1) is 18.8. The van der Waals surface area contributed by atoms with Gasteiger partial charge in [0.1, 0.15) is 11.6 Å². The van der Waals surface area contributed by atoms with Gasteiger partial charge < -0.3 is 10.6 Å². The van der Waals surface area contributed by atoms with Crippen LogP contribution in [-0.2, 0) is 11.3 Å². The van der Waals surface area contributed by atoms with Gasteiger partial charge in [-0.1, -0.05) is 13.8 Å². The van der Waals surface area contributed by atoms with Crippen LogP contribution in [0.15, 0.2) is 18.2 Å². The van der Waals surface area contributed by atoms with Crippen LogP contribution in [0, 0.1) is 17.6 Å². The van der Waals surface area contributed by atoms with Crippen LogP contribution in [0.1, 0.15) is 32.8 Å². The van der Waals surface area contributed by atoms with Crippen molar-refractivity contribution < 1.29 is 13.6 Å². The number of rotatable bonds is 7. The smallest absolute Gasteiger partial charge is 0.237 e. The van der Waals surface area contributed by atoms with Crippen molar-refractivity contribution in [2.75, 3.05) is 19.6 Å². The highest BCUT2D eigenvalue weighted by atomic mass is 19.1. The molecule has 0 aromatic heterocycles. The number of nitrogens with zero attached hydrogens (tertiary/aromatic N) is 1. The highest BCUT2D eigenvalue weighted by Gasteiger charge is 2.36.